The van der Waals surface area contributed by atoms with Crippen LogP contribution >= 0.6 is 15.9 Å². The molecule has 1 aliphatic heterocycles. The highest BCUT2D eigenvalue weighted by Crippen LogP contribution is 2.19. The number of hydrogen-bond donors (Lipinski definition) is 0. The van der Waals surface area contributed by atoms with Crippen molar-refractivity contribution in [3.63, 3.8) is 0 Å². The molecule has 1 heterocycles. The van der Waals surface area contributed by atoms with Crippen molar-refractivity contribution in [3.8, 4) is 0 Å². The summed E-state index contributed by atoms with van der Waals surface area (Å²) in [7, 11) is 0. The molecule has 8 heavy (non-hydrogen) atoms. The van der Waals surface area contributed by atoms with Crippen LogP contribution < -0.4 is 0 Å². The molecule has 1 fully saturated rings. The van der Waals surface area contributed by atoms with Crippen molar-refractivity contribution in [1.29, 1.82) is 0 Å². The van der Waals surface area contributed by atoms with E-state index < -0.39 is 0 Å². The highest BCUT2D eigenvalue weighted by Gasteiger charge is 2.15. The first kappa shape index (κ1) is 6.56. The Hall–Kier alpha value is 0.440. The van der Waals surface area contributed by atoms with Gasteiger partial charge in [-0.05, 0) is 19.8 Å². The molecule has 2 atom stereocenters. The molecular weight excluding hydrogens is 168 g/mol. The van der Waals surface area contributed by atoms with E-state index in [0.717, 1.165) is 6.61 Å². The Bertz CT molecular complexity index is 66.9. The third-order valence-electron chi connectivity index (χ3n) is 1.42. The Morgan fingerprint density at radius 3 is 2.75 bits per heavy atom. The molecule has 0 amide bonds. The Morgan fingerprint density at radius 1 is 1.62 bits per heavy atom. The summed E-state index contributed by atoms with van der Waals surface area (Å²) in [5, 5.41) is 0. The maximum atomic E-state index is 5.32. The summed E-state index contributed by atoms with van der Waals surface area (Å²) in [5.74, 6) is 0. The van der Waals surface area contributed by atoms with Crippen molar-refractivity contribution < 1.29 is 4.74 Å². The summed E-state index contributed by atoms with van der Waals surface area (Å²) in [6.07, 6.45) is 2.80. The Labute approximate surface area is 58.5 Å². The summed E-state index contributed by atoms with van der Waals surface area (Å²) in [4.78, 5) is 0.700. The van der Waals surface area contributed by atoms with Crippen molar-refractivity contribution >= 4 is 15.9 Å². The number of rotatable bonds is 0. The van der Waals surface area contributed by atoms with Gasteiger partial charge >= 0.3 is 0 Å². The zero-order chi connectivity index (χ0) is 5.98. The average Bonchev–Trinajstić information content (AvgIpc) is 1.64. The van der Waals surface area contributed by atoms with Gasteiger partial charge in [0.2, 0.25) is 0 Å². The largest absolute Gasteiger partial charge is 0.378 e. The van der Waals surface area contributed by atoms with Crippen LogP contribution in [0.4, 0.5) is 0 Å². The minimum absolute atomic E-state index is 0.466. The molecule has 1 rings (SSSR count). The Kier molecular flexibility index (Phi) is 2.32. The molecule has 0 N–H and O–H groups in total. The van der Waals surface area contributed by atoms with E-state index in [1.165, 1.54) is 12.8 Å². The van der Waals surface area contributed by atoms with Gasteiger partial charge in [0, 0.05) is 11.4 Å². The monoisotopic (exact) mass is 178 g/mol. The molecule has 1 nitrogen and oxygen atoms in total. The lowest BCUT2D eigenvalue weighted by Crippen LogP contribution is -2.22. The SMILES string of the molecule is C[C@H]1C[C@@H](Br)CCO1. The maximum Gasteiger partial charge on any atom is 0.0557 e. The summed E-state index contributed by atoms with van der Waals surface area (Å²) >= 11 is 3.55. The van der Waals surface area contributed by atoms with Gasteiger partial charge in [-0.3, -0.25) is 0 Å². The van der Waals surface area contributed by atoms with Crippen molar-refractivity contribution in [3.05, 3.63) is 0 Å². The third kappa shape index (κ3) is 1.75. The van der Waals surface area contributed by atoms with Crippen LogP contribution in [0.25, 0.3) is 0 Å². The molecule has 1 saturated heterocycles. The molecule has 0 saturated carbocycles. The Morgan fingerprint density at radius 2 is 2.38 bits per heavy atom. The second-order valence-electron chi connectivity index (χ2n) is 2.30. The van der Waals surface area contributed by atoms with Crippen LogP contribution in [0, 0.1) is 0 Å². The number of ether oxygens (including phenoxy) is 1. The van der Waals surface area contributed by atoms with Gasteiger partial charge in [0.25, 0.3) is 0 Å². The van der Waals surface area contributed by atoms with Crippen LogP contribution in [-0.4, -0.2) is 17.5 Å². The second kappa shape index (κ2) is 2.83. The van der Waals surface area contributed by atoms with Gasteiger partial charge in [-0.25, -0.2) is 0 Å². The molecule has 0 unspecified atom stereocenters. The minimum Gasteiger partial charge on any atom is -0.378 e. The second-order valence-corrected chi connectivity index (χ2v) is 3.60. The van der Waals surface area contributed by atoms with Crippen molar-refractivity contribution in [2.24, 2.45) is 0 Å². The number of hydrogen-bond acceptors (Lipinski definition) is 1. The summed E-state index contributed by atoms with van der Waals surface area (Å²) < 4.78 is 5.32. The van der Waals surface area contributed by atoms with Gasteiger partial charge in [-0.1, -0.05) is 15.9 Å². The smallest absolute Gasteiger partial charge is 0.0557 e. The minimum atomic E-state index is 0.466. The van der Waals surface area contributed by atoms with Crippen molar-refractivity contribution in [2.45, 2.75) is 30.7 Å². The van der Waals surface area contributed by atoms with E-state index in [-0.39, 0.29) is 0 Å². The molecular formula is C6H11BrO. The Balaban J connectivity index is 2.23. The number of alkyl halides is 1. The van der Waals surface area contributed by atoms with E-state index in [1.54, 1.807) is 0 Å². The van der Waals surface area contributed by atoms with Gasteiger partial charge in [0.1, 0.15) is 0 Å². The molecule has 0 bridgehead atoms. The molecule has 0 radical (unpaired) electrons. The third-order valence-corrected chi connectivity index (χ3v) is 2.25. The predicted octanol–water partition coefficient (Wildman–Crippen LogP) is 1.95. The van der Waals surface area contributed by atoms with Crippen molar-refractivity contribution in [2.75, 3.05) is 6.61 Å². The first-order valence-corrected chi connectivity index (χ1v) is 3.96. The van der Waals surface area contributed by atoms with Gasteiger partial charge in [-0.15, -0.1) is 0 Å². The fourth-order valence-corrected chi connectivity index (χ4v) is 1.66. The first-order valence-electron chi connectivity index (χ1n) is 3.04. The molecule has 0 aliphatic carbocycles. The molecule has 0 spiro atoms. The van der Waals surface area contributed by atoms with Gasteiger partial charge in [-0.2, -0.15) is 0 Å². The lowest BCUT2D eigenvalue weighted by atomic mass is 10.1. The fourth-order valence-electron chi connectivity index (χ4n) is 0.943. The number of halogens is 1. The highest BCUT2D eigenvalue weighted by molar-refractivity contribution is 9.09. The maximum absolute atomic E-state index is 5.32. The lowest BCUT2D eigenvalue weighted by Gasteiger charge is -2.22. The van der Waals surface area contributed by atoms with E-state index in [4.69, 9.17) is 4.74 Å². The molecule has 0 aromatic carbocycles. The van der Waals surface area contributed by atoms with E-state index in [2.05, 4.69) is 22.9 Å². The van der Waals surface area contributed by atoms with Gasteiger partial charge < -0.3 is 4.74 Å². The standard InChI is InChI=1S/C6H11BrO/c1-5-4-6(7)2-3-8-5/h5-6H,2-4H2,1H3/t5-,6-/m0/s1. The first-order chi connectivity index (χ1) is 3.79. The van der Waals surface area contributed by atoms with Crippen LogP contribution in [0.5, 0.6) is 0 Å². The normalized spacial score (nSPS) is 39.8. The summed E-state index contributed by atoms with van der Waals surface area (Å²) in [6.45, 7) is 3.05. The predicted molar refractivity (Wildman–Crippen MR) is 37.4 cm³/mol. The molecule has 0 aromatic rings. The zero-order valence-electron chi connectivity index (χ0n) is 5.06. The summed E-state index contributed by atoms with van der Waals surface area (Å²) in [6, 6.07) is 0. The van der Waals surface area contributed by atoms with Crippen LogP contribution in [0.2, 0.25) is 0 Å². The van der Waals surface area contributed by atoms with Gasteiger partial charge in [0.05, 0.1) is 6.10 Å². The molecule has 2 heteroatoms. The lowest BCUT2D eigenvalue weighted by molar-refractivity contribution is 0.0323. The fraction of sp³-hybridized carbons (Fsp3) is 1.00. The molecule has 48 valence electrons. The topological polar surface area (TPSA) is 9.23 Å². The van der Waals surface area contributed by atoms with Crippen LogP contribution in [0.3, 0.4) is 0 Å². The quantitative estimate of drug-likeness (QED) is 0.516. The van der Waals surface area contributed by atoms with E-state index >= 15 is 0 Å². The van der Waals surface area contributed by atoms with Crippen LogP contribution in [-0.2, 0) is 4.74 Å². The van der Waals surface area contributed by atoms with Crippen LogP contribution in [0.15, 0.2) is 0 Å². The summed E-state index contributed by atoms with van der Waals surface area (Å²) in [5.41, 5.74) is 0. The zero-order valence-corrected chi connectivity index (χ0v) is 6.65. The van der Waals surface area contributed by atoms with Crippen molar-refractivity contribution in [1.82, 2.24) is 0 Å². The highest BCUT2D eigenvalue weighted by atomic mass is 79.9. The average molecular weight is 179 g/mol. The molecule has 1 aliphatic rings. The van der Waals surface area contributed by atoms with Crippen LogP contribution in [0.1, 0.15) is 19.8 Å². The molecule has 0 aromatic heterocycles. The van der Waals surface area contributed by atoms with E-state index in [0.29, 0.717) is 10.9 Å². The van der Waals surface area contributed by atoms with E-state index in [9.17, 15) is 0 Å². The van der Waals surface area contributed by atoms with E-state index in [1.807, 2.05) is 0 Å². The van der Waals surface area contributed by atoms with Gasteiger partial charge in [0.15, 0.2) is 0 Å².